The van der Waals surface area contributed by atoms with Gasteiger partial charge >= 0.3 is 5.97 Å². The Kier molecular flexibility index (Phi) is 4.69. The van der Waals surface area contributed by atoms with Crippen LogP contribution in [-0.2, 0) is 4.79 Å². The van der Waals surface area contributed by atoms with Gasteiger partial charge in [-0.15, -0.1) is 0 Å². The molecule has 1 aliphatic rings. The van der Waals surface area contributed by atoms with Crippen LogP contribution in [0.25, 0.3) is 6.08 Å². The number of hydrogen-bond donors (Lipinski definition) is 2. The maximum atomic E-state index is 12.1. The summed E-state index contributed by atoms with van der Waals surface area (Å²) in [6.07, 6.45) is 1.64. The number of amides is 1. The Bertz CT molecular complexity index is 880. The first-order chi connectivity index (χ1) is 11.5. The summed E-state index contributed by atoms with van der Waals surface area (Å²) in [5, 5.41) is 10.4. The minimum Gasteiger partial charge on any atom is -0.423 e. The summed E-state index contributed by atoms with van der Waals surface area (Å²) >= 11 is 6.91. The Labute approximate surface area is 147 Å². The predicted molar refractivity (Wildman–Crippen MR) is 94.3 cm³/mol. The second-order valence-electron chi connectivity index (χ2n) is 4.87. The van der Waals surface area contributed by atoms with Crippen LogP contribution >= 0.6 is 23.4 Å². The molecule has 7 heteroatoms. The fourth-order valence-corrected chi connectivity index (χ4v) is 2.93. The molecule has 0 bridgehead atoms. The molecule has 2 aromatic rings. The van der Waals surface area contributed by atoms with Crippen molar-refractivity contribution in [1.29, 1.82) is 5.41 Å². The van der Waals surface area contributed by atoms with Gasteiger partial charge in [-0.1, -0.05) is 29.8 Å². The van der Waals surface area contributed by atoms with E-state index in [0.717, 1.165) is 11.8 Å². The van der Waals surface area contributed by atoms with Gasteiger partial charge < -0.3 is 10.1 Å². The number of carbonyl (C=O) groups excluding carboxylic acids is 2. The molecule has 1 heterocycles. The Morgan fingerprint density at radius 3 is 2.71 bits per heavy atom. The van der Waals surface area contributed by atoms with Gasteiger partial charge in [0, 0.05) is 5.02 Å². The first kappa shape index (κ1) is 16.3. The lowest BCUT2D eigenvalue weighted by atomic mass is 10.2. The van der Waals surface area contributed by atoms with Crippen molar-refractivity contribution in [2.24, 2.45) is 0 Å². The van der Waals surface area contributed by atoms with Crippen molar-refractivity contribution in [2.45, 2.75) is 0 Å². The maximum Gasteiger partial charge on any atom is 0.343 e. The molecule has 0 radical (unpaired) electrons. The summed E-state index contributed by atoms with van der Waals surface area (Å²) in [5.74, 6) is -0.476. The summed E-state index contributed by atoms with van der Waals surface area (Å²) in [5.41, 5.74) is 1.05. The molecule has 1 amide bonds. The first-order valence-corrected chi connectivity index (χ1v) is 8.08. The van der Waals surface area contributed by atoms with Crippen molar-refractivity contribution in [3.05, 3.63) is 69.6 Å². The van der Waals surface area contributed by atoms with Crippen molar-refractivity contribution >= 4 is 46.5 Å². The van der Waals surface area contributed by atoms with E-state index in [0.29, 0.717) is 26.8 Å². The zero-order chi connectivity index (χ0) is 17.1. The Morgan fingerprint density at radius 1 is 1.21 bits per heavy atom. The summed E-state index contributed by atoms with van der Waals surface area (Å²) in [4.78, 5) is 24.2. The second kappa shape index (κ2) is 6.90. The van der Waals surface area contributed by atoms with Crippen molar-refractivity contribution < 1.29 is 14.3 Å². The van der Waals surface area contributed by atoms with Gasteiger partial charge in [0.1, 0.15) is 5.75 Å². The molecule has 24 heavy (non-hydrogen) atoms. The highest BCUT2D eigenvalue weighted by Crippen LogP contribution is 2.26. The monoisotopic (exact) mass is 358 g/mol. The Hall–Kier alpha value is -2.57. The number of ether oxygens (including phenoxy) is 1. The normalized spacial score (nSPS) is 15.5. The quantitative estimate of drug-likeness (QED) is 0.498. The van der Waals surface area contributed by atoms with Crippen molar-refractivity contribution in [3.63, 3.8) is 0 Å². The molecule has 0 spiro atoms. The van der Waals surface area contributed by atoms with Crippen LogP contribution in [0.15, 0.2) is 53.4 Å². The number of rotatable bonds is 3. The number of amidine groups is 1. The number of halogens is 1. The molecule has 0 unspecified atom stereocenters. The molecular formula is C17H11ClN2O3S. The largest absolute Gasteiger partial charge is 0.423 e. The van der Waals surface area contributed by atoms with Crippen molar-refractivity contribution in [2.75, 3.05) is 0 Å². The number of nitrogens with one attached hydrogen (secondary N) is 2. The number of thioether (sulfide) groups is 1. The van der Waals surface area contributed by atoms with E-state index in [-0.39, 0.29) is 11.1 Å². The minimum absolute atomic E-state index is 0.0924. The van der Waals surface area contributed by atoms with Crippen LogP contribution in [0.2, 0.25) is 5.02 Å². The Balaban J connectivity index is 1.78. The van der Waals surface area contributed by atoms with Crippen LogP contribution < -0.4 is 10.1 Å². The molecular weight excluding hydrogens is 348 g/mol. The zero-order valence-corrected chi connectivity index (χ0v) is 13.8. The van der Waals surface area contributed by atoms with Crippen molar-refractivity contribution in [1.82, 2.24) is 5.32 Å². The van der Waals surface area contributed by atoms with Crippen molar-refractivity contribution in [3.8, 4) is 5.75 Å². The molecule has 0 aliphatic carbocycles. The highest BCUT2D eigenvalue weighted by molar-refractivity contribution is 8.18. The van der Waals surface area contributed by atoms with E-state index in [1.54, 1.807) is 48.5 Å². The predicted octanol–water partition coefficient (Wildman–Crippen LogP) is 3.70. The number of benzene rings is 2. The summed E-state index contributed by atoms with van der Waals surface area (Å²) in [7, 11) is 0. The lowest BCUT2D eigenvalue weighted by molar-refractivity contribution is -0.115. The van der Waals surface area contributed by atoms with Gasteiger partial charge in [0.05, 0.1) is 10.5 Å². The fraction of sp³-hybridized carbons (Fsp3) is 0. The molecule has 0 aromatic heterocycles. The van der Waals surface area contributed by atoms with Crippen LogP contribution in [0.3, 0.4) is 0 Å². The van der Waals surface area contributed by atoms with Gasteiger partial charge in [-0.2, -0.15) is 0 Å². The van der Waals surface area contributed by atoms with Gasteiger partial charge in [0.15, 0.2) is 5.17 Å². The third-order valence-electron chi connectivity index (χ3n) is 3.09. The standard InChI is InChI=1S/C17H11ClN2O3S/c18-12-5-2-4-11(9-12)16(22)23-13-6-1-3-10(7-13)8-14-15(21)20-17(19)24-14/h1-9H,(H2,19,20,21). The average Bonchev–Trinajstić information content (AvgIpc) is 2.85. The summed E-state index contributed by atoms with van der Waals surface area (Å²) < 4.78 is 5.33. The molecule has 2 N–H and O–H groups in total. The highest BCUT2D eigenvalue weighted by Gasteiger charge is 2.22. The van der Waals surface area contributed by atoms with Gasteiger partial charge in [-0.3, -0.25) is 10.2 Å². The fourth-order valence-electron chi connectivity index (χ4n) is 2.04. The molecule has 5 nitrogen and oxygen atoms in total. The molecule has 1 aliphatic heterocycles. The van der Waals surface area contributed by atoms with E-state index in [9.17, 15) is 9.59 Å². The highest BCUT2D eigenvalue weighted by atomic mass is 35.5. The van der Waals surface area contributed by atoms with Crippen LogP contribution in [0.4, 0.5) is 0 Å². The van der Waals surface area contributed by atoms with Gasteiger partial charge in [0.25, 0.3) is 5.91 Å². The molecule has 0 atom stereocenters. The number of esters is 1. The first-order valence-electron chi connectivity index (χ1n) is 6.88. The molecule has 1 saturated heterocycles. The zero-order valence-electron chi connectivity index (χ0n) is 12.2. The Morgan fingerprint density at radius 2 is 2.00 bits per heavy atom. The number of carbonyl (C=O) groups is 2. The molecule has 0 saturated carbocycles. The van der Waals surface area contributed by atoms with Crippen LogP contribution in [0.1, 0.15) is 15.9 Å². The lowest BCUT2D eigenvalue weighted by Gasteiger charge is -2.05. The molecule has 2 aromatic carbocycles. The number of hydrogen-bond acceptors (Lipinski definition) is 5. The van der Waals surface area contributed by atoms with Gasteiger partial charge in [-0.25, -0.2) is 4.79 Å². The average molecular weight is 359 g/mol. The minimum atomic E-state index is -0.517. The smallest absolute Gasteiger partial charge is 0.343 e. The van der Waals surface area contributed by atoms with E-state index < -0.39 is 5.97 Å². The summed E-state index contributed by atoms with van der Waals surface area (Å²) in [6.45, 7) is 0. The van der Waals surface area contributed by atoms with Crippen LogP contribution in [0, 0.1) is 5.41 Å². The molecule has 120 valence electrons. The lowest BCUT2D eigenvalue weighted by Crippen LogP contribution is -2.18. The SMILES string of the molecule is N=C1NC(=O)C(=Cc2cccc(OC(=O)c3cccc(Cl)c3)c2)S1. The second-order valence-corrected chi connectivity index (χ2v) is 6.35. The topological polar surface area (TPSA) is 79.2 Å². The summed E-state index contributed by atoms with van der Waals surface area (Å²) in [6, 6.07) is 13.3. The van der Waals surface area contributed by atoms with E-state index in [1.807, 2.05) is 0 Å². The van der Waals surface area contributed by atoms with E-state index in [1.165, 1.54) is 6.07 Å². The molecule has 1 fully saturated rings. The third-order valence-corrected chi connectivity index (χ3v) is 4.15. The van der Waals surface area contributed by atoms with E-state index >= 15 is 0 Å². The van der Waals surface area contributed by atoms with Gasteiger partial charge in [0.2, 0.25) is 0 Å². The van der Waals surface area contributed by atoms with Crippen LogP contribution in [0.5, 0.6) is 5.75 Å². The van der Waals surface area contributed by atoms with Gasteiger partial charge in [-0.05, 0) is 53.7 Å². The van der Waals surface area contributed by atoms with Crippen LogP contribution in [-0.4, -0.2) is 17.0 Å². The third kappa shape index (κ3) is 3.84. The van der Waals surface area contributed by atoms with E-state index in [4.69, 9.17) is 21.7 Å². The molecule has 3 rings (SSSR count). The van der Waals surface area contributed by atoms with E-state index in [2.05, 4.69) is 5.32 Å². The maximum absolute atomic E-state index is 12.1.